The maximum absolute atomic E-state index is 10.5. The summed E-state index contributed by atoms with van der Waals surface area (Å²) in [5.74, 6) is 0.707. The maximum atomic E-state index is 10.5. The van der Waals surface area contributed by atoms with Gasteiger partial charge >= 0.3 is 5.97 Å². The second-order valence-electron chi connectivity index (χ2n) is 2.75. The number of carbonyl (C=O) groups is 1. The molecule has 1 fully saturated rings. The molecule has 0 aromatic heterocycles. The van der Waals surface area contributed by atoms with E-state index in [0.717, 1.165) is 17.9 Å². The van der Waals surface area contributed by atoms with E-state index < -0.39 is 11.9 Å². The summed E-state index contributed by atoms with van der Waals surface area (Å²) in [5, 5.41) is 17.4. The highest BCUT2D eigenvalue weighted by Gasteiger charge is 2.29. The van der Waals surface area contributed by atoms with Crippen molar-refractivity contribution < 1.29 is 15.0 Å². The smallest absolute Gasteiger partial charge is 0.309 e. The van der Waals surface area contributed by atoms with Gasteiger partial charge in [-0.1, -0.05) is 0 Å². The number of carboxylic acid groups (broad SMARTS) is 1. The van der Waals surface area contributed by atoms with Gasteiger partial charge in [0, 0.05) is 0 Å². The normalized spacial score (nSPS) is 26.8. The van der Waals surface area contributed by atoms with Crippen LogP contribution >= 0.6 is 11.8 Å². The molecule has 0 aromatic rings. The van der Waals surface area contributed by atoms with E-state index in [1.165, 1.54) is 0 Å². The van der Waals surface area contributed by atoms with Crippen molar-refractivity contribution in [3.8, 4) is 0 Å². The molecule has 0 saturated carbocycles. The minimum absolute atomic E-state index is 0.183. The van der Waals surface area contributed by atoms with Crippen LogP contribution in [0.4, 0.5) is 0 Å². The molecular formula is C7H12O3S. The Kier molecular flexibility index (Phi) is 3.20. The quantitative estimate of drug-likeness (QED) is 0.655. The molecule has 2 N–H and O–H groups in total. The van der Waals surface area contributed by atoms with E-state index in [0.29, 0.717) is 0 Å². The molecule has 1 heterocycles. The minimum atomic E-state index is -0.861. The van der Waals surface area contributed by atoms with E-state index in [-0.39, 0.29) is 12.5 Å². The van der Waals surface area contributed by atoms with Gasteiger partial charge in [-0.2, -0.15) is 11.8 Å². The molecule has 1 saturated heterocycles. The van der Waals surface area contributed by atoms with E-state index in [9.17, 15) is 4.79 Å². The molecule has 4 heteroatoms. The number of rotatable bonds is 3. The van der Waals surface area contributed by atoms with E-state index >= 15 is 0 Å². The molecule has 0 aliphatic carbocycles. The summed E-state index contributed by atoms with van der Waals surface area (Å²) in [4.78, 5) is 10.5. The Morgan fingerprint density at radius 2 is 2.45 bits per heavy atom. The molecule has 2 unspecified atom stereocenters. The van der Waals surface area contributed by atoms with Gasteiger partial charge in [0.05, 0.1) is 12.5 Å². The number of hydrogen-bond donors (Lipinski definition) is 2. The molecule has 0 spiro atoms. The van der Waals surface area contributed by atoms with Crippen LogP contribution in [0, 0.1) is 11.8 Å². The van der Waals surface area contributed by atoms with Gasteiger partial charge in [-0.3, -0.25) is 4.79 Å². The van der Waals surface area contributed by atoms with Gasteiger partial charge in [-0.05, 0) is 23.8 Å². The largest absolute Gasteiger partial charge is 0.481 e. The Morgan fingerprint density at radius 3 is 2.82 bits per heavy atom. The van der Waals surface area contributed by atoms with Crippen LogP contribution in [0.15, 0.2) is 0 Å². The van der Waals surface area contributed by atoms with Gasteiger partial charge in [0.1, 0.15) is 0 Å². The Balaban J connectivity index is 2.46. The zero-order chi connectivity index (χ0) is 8.27. The molecule has 2 atom stereocenters. The monoisotopic (exact) mass is 176 g/mol. The maximum Gasteiger partial charge on any atom is 0.309 e. The van der Waals surface area contributed by atoms with Crippen LogP contribution in [0.5, 0.6) is 0 Å². The number of carboxylic acids is 1. The zero-order valence-electron chi connectivity index (χ0n) is 6.19. The first-order chi connectivity index (χ1) is 5.25. The van der Waals surface area contributed by atoms with Crippen LogP contribution in [0.3, 0.4) is 0 Å². The fraction of sp³-hybridized carbons (Fsp3) is 0.857. The highest BCUT2D eigenvalue weighted by atomic mass is 32.2. The summed E-state index contributed by atoms with van der Waals surface area (Å²) >= 11 is 1.77. The van der Waals surface area contributed by atoms with Crippen LogP contribution in [-0.2, 0) is 4.79 Å². The van der Waals surface area contributed by atoms with Crippen molar-refractivity contribution in [3.05, 3.63) is 0 Å². The second-order valence-corrected chi connectivity index (χ2v) is 3.90. The highest BCUT2D eigenvalue weighted by molar-refractivity contribution is 7.99. The van der Waals surface area contributed by atoms with Crippen molar-refractivity contribution in [2.45, 2.75) is 6.42 Å². The van der Waals surface area contributed by atoms with Crippen molar-refractivity contribution in [1.29, 1.82) is 0 Å². The van der Waals surface area contributed by atoms with Crippen LogP contribution in [-0.4, -0.2) is 34.3 Å². The predicted octanol–water partition coefficient (Wildman–Crippen LogP) is 0.433. The lowest BCUT2D eigenvalue weighted by molar-refractivity contribution is -0.144. The van der Waals surface area contributed by atoms with Gasteiger partial charge in [0.2, 0.25) is 0 Å². The lowest BCUT2D eigenvalue weighted by Crippen LogP contribution is -2.26. The number of aliphatic hydroxyl groups is 1. The average molecular weight is 176 g/mol. The Bertz CT molecular complexity index is 143. The molecular weight excluding hydrogens is 164 g/mol. The van der Waals surface area contributed by atoms with E-state index in [1.54, 1.807) is 11.8 Å². The van der Waals surface area contributed by atoms with Crippen LogP contribution in [0.2, 0.25) is 0 Å². The topological polar surface area (TPSA) is 57.5 Å². The summed E-state index contributed by atoms with van der Waals surface area (Å²) in [6.45, 7) is -0.222. The van der Waals surface area contributed by atoms with Crippen molar-refractivity contribution in [3.63, 3.8) is 0 Å². The fourth-order valence-corrected chi connectivity index (χ4v) is 2.64. The SMILES string of the molecule is O=C(O)C(CO)C1CCSC1. The van der Waals surface area contributed by atoms with Crippen molar-refractivity contribution in [1.82, 2.24) is 0 Å². The van der Waals surface area contributed by atoms with Gasteiger partial charge in [0.15, 0.2) is 0 Å². The van der Waals surface area contributed by atoms with E-state index in [1.807, 2.05) is 0 Å². The minimum Gasteiger partial charge on any atom is -0.481 e. The first-order valence-electron chi connectivity index (χ1n) is 3.67. The second kappa shape index (κ2) is 3.97. The van der Waals surface area contributed by atoms with E-state index in [4.69, 9.17) is 10.2 Å². The predicted molar refractivity (Wildman–Crippen MR) is 43.6 cm³/mol. The molecule has 1 aliphatic heterocycles. The molecule has 0 aromatic carbocycles. The third kappa shape index (κ3) is 2.10. The number of aliphatic carboxylic acids is 1. The van der Waals surface area contributed by atoms with Crippen molar-refractivity contribution >= 4 is 17.7 Å². The fourth-order valence-electron chi connectivity index (χ4n) is 1.30. The summed E-state index contributed by atoms with van der Waals surface area (Å²) < 4.78 is 0. The van der Waals surface area contributed by atoms with Gasteiger partial charge in [-0.25, -0.2) is 0 Å². The summed E-state index contributed by atoms with van der Waals surface area (Å²) in [7, 11) is 0. The third-order valence-corrected chi connectivity index (χ3v) is 3.24. The Labute approximate surface area is 69.8 Å². The molecule has 0 bridgehead atoms. The molecule has 1 aliphatic rings. The van der Waals surface area contributed by atoms with Crippen LogP contribution in [0.1, 0.15) is 6.42 Å². The first kappa shape index (κ1) is 8.87. The van der Waals surface area contributed by atoms with Gasteiger partial charge < -0.3 is 10.2 Å². The zero-order valence-corrected chi connectivity index (χ0v) is 7.01. The van der Waals surface area contributed by atoms with E-state index in [2.05, 4.69) is 0 Å². The standard InChI is InChI=1S/C7H12O3S/c8-3-6(7(9)10)5-1-2-11-4-5/h5-6,8H,1-4H2,(H,9,10). The van der Waals surface area contributed by atoms with Crippen molar-refractivity contribution in [2.24, 2.45) is 11.8 Å². The molecule has 11 heavy (non-hydrogen) atoms. The van der Waals surface area contributed by atoms with Gasteiger partial charge in [-0.15, -0.1) is 0 Å². The molecule has 1 rings (SSSR count). The van der Waals surface area contributed by atoms with Crippen molar-refractivity contribution in [2.75, 3.05) is 18.1 Å². The highest BCUT2D eigenvalue weighted by Crippen LogP contribution is 2.29. The Morgan fingerprint density at radius 1 is 1.73 bits per heavy atom. The van der Waals surface area contributed by atoms with Crippen LogP contribution < -0.4 is 0 Å². The molecule has 0 amide bonds. The summed E-state index contributed by atoms with van der Waals surface area (Å²) in [5.41, 5.74) is 0. The summed E-state index contributed by atoms with van der Waals surface area (Å²) in [6.07, 6.45) is 0.933. The number of aliphatic hydroxyl groups excluding tert-OH is 1. The average Bonchev–Trinajstić information content (AvgIpc) is 2.40. The Hall–Kier alpha value is -0.220. The first-order valence-corrected chi connectivity index (χ1v) is 4.82. The van der Waals surface area contributed by atoms with Crippen LogP contribution in [0.25, 0.3) is 0 Å². The number of hydrogen-bond acceptors (Lipinski definition) is 3. The number of thioether (sulfide) groups is 1. The van der Waals surface area contributed by atoms with Gasteiger partial charge in [0.25, 0.3) is 0 Å². The summed E-state index contributed by atoms with van der Waals surface area (Å²) in [6, 6.07) is 0. The lowest BCUT2D eigenvalue weighted by atomic mass is 9.93. The molecule has 0 radical (unpaired) electrons. The lowest BCUT2D eigenvalue weighted by Gasteiger charge is -2.14. The molecule has 64 valence electrons. The third-order valence-electron chi connectivity index (χ3n) is 2.05. The molecule has 3 nitrogen and oxygen atoms in total.